The van der Waals surface area contributed by atoms with Crippen molar-refractivity contribution < 1.29 is 18.3 Å². The number of allylic oxidation sites excluding steroid dienone is 2. The van der Waals surface area contributed by atoms with Crippen molar-refractivity contribution in [3.05, 3.63) is 57.1 Å². The van der Waals surface area contributed by atoms with Gasteiger partial charge >= 0.3 is 6.18 Å². The zero-order valence-electron chi connectivity index (χ0n) is 12.8. The lowest BCUT2D eigenvalue weighted by Crippen LogP contribution is -2.33. The van der Waals surface area contributed by atoms with Gasteiger partial charge in [-0.05, 0) is 24.6 Å². The summed E-state index contributed by atoms with van der Waals surface area (Å²) in [5.41, 5.74) is -1.33. The maximum Gasteiger partial charge on any atom is 0.419 e. The molecule has 0 saturated carbocycles. The summed E-state index contributed by atoms with van der Waals surface area (Å²) >= 11 is 5.88. The maximum atomic E-state index is 13.2. The molecule has 0 aliphatic carbocycles. The Labute approximate surface area is 145 Å². The molecule has 2 aromatic rings. The summed E-state index contributed by atoms with van der Waals surface area (Å²) in [7, 11) is 0. The Balaban J connectivity index is 2.15. The quantitative estimate of drug-likeness (QED) is 0.866. The van der Waals surface area contributed by atoms with Gasteiger partial charge in [0.25, 0.3) is 5.56 Å². The lowest BCUT2D eigenvalue weighted by molar-refractivity contribution is -0.0701. The Morgan fingerprint density at radius 2 is 2.12 bits per heavy atom. The molecule has 0 bridgehead atoms. The van der Waals surface area contributed by atoms with E-state index in [0.29, 0.717) is 10.7 Å². The van der Waals surface area contributed by atoms with E-state index in [1.807, 2.05) is 0 Å². The number of benzene rings is 1. The first kappa shape index (κ1) is 17.5. The molecule has 9 heteroatoms. The number of aliphatic hydroxyl groups excluding tert-OH is 1. The minimum atomic E-state index is -4.63. The van der Waals surface area contributed by atoms with Crippen LogP contribution < -0.4 is 10.9 Å². The summed E-state index contributed by atoms with van der Waals surface area (Å²) in [6.07, 6.45) is -3.55. The molecule has 3 rings (SSSR count). The summed E-state index contributed by atoms with van der Waals surface area (Å²) in [6, 6.07) is 6.41. The molecule has 1 aromatic heterocycles. The van der Waals surface area contributed by atoms with Crippen LogP contribution in [-0.4, -0.2) is 20.8 Å². The SMILES string of the molecule is O=c1c(CO)c(Nc2cccc(Cl)c2)nc2n1CCC=C2C(F)(F)F. The highest BCUT2D eigenvalue weighted by Gasteiger charge is 2.39. The topological polar surface area (TPSA) is 67.2 Å². The van der Waals surface area contributed by atoms with Crippen molar-refractivity contribution in [2.45, 2.75) is 25.7 Å². The van der Waals surface area contributed by atoms with E-state index < -0.39 is 29.7 Å². The monoisotopic (exact) mass is 371 g/mol. The summed E-state index contributed by atoms with van der Waals surface area (Å²) < 4.78 is 40.6. The van der Waals surface area contributed by atoms with Crippen LogP contribution in [0.1, 0.15) is 17.8 Å². The maximum absolute atomic E-state index is 13.2. The van der Waals surface area contributed by atoms with Crippen molar-refractivity contribution in [3.8, 4) is 0 Å². The molecular weight excluding hydrogens is 359 g/mol. The predicted molar refractivity (Wildman–Crippen MR) is 87.8 cm³/mol. The fraction of sp³-hybridized carbons (Fsp3) is 0.250. The molecule has 1 aromatic carbocycles. The Kier molecular flexibility index (Phi) is 4.57. The lowest BCUT2D eigenvalue weighted by atomic mass is 10.1. The third kappa shape index (κ3) is 3.40. The van der Waals surface area contributed by atoms with Gasteiger partial charge in [-0.15, -0.1) is 0 Å². The number of alkyl halides is 3. The molecule has 0 fully saturated rings. The smallest absolute Gasteiger partial charge is 0.391 e. The molecule has 132 valence electrons. The van der Waals surface area contributed by atoms with Crippen molar-refractivity contribution in [1.82, 2.24) is 9.55 Å². The first-order valence-corrected chi connectivity index (χ1v) is 7.74. The minimum absolute atomic E-state index is 0.0648. The average Bonchev–Trinajstić information content (AvgIpc) is 2.54. The fourth-order valence-electron chi connectivity index (χ4n) is 2.63. The highest BCUT2D eigenvalue weighted by molar-refractivity contribution is 6.30. The first-order chi connectivity index (χ1) is 11.8. The molecule has 0 radical (unpaired) electrons. The molecule has 0 unspecified atom stereocenters. The van der Waals surface area contributed by atoms with E-state index in [0.717, 1.165) is 10.6 Å². The van der Waals surface area contributed by atoms with Crippen LogP contribution >= 0.6 is 11.6 Å². The van der Waals surface area contributed by atoms with Gasteiger partial charge in [0.15, 0.2) is 0 Å². The van der Waals surface area contributed by atoms with Crippen LogP contribution in [0.4, 0.5) is 24.7 Å². The number of halogens is 4. The molecule has 0 spiro atoms. The summed E-state index contributed by atoms with van der Waals surface area (Å²) in [4.78, 5) is 16.5. The van der Waals surface area contributed by atoms with E-state index >= 15 is 0 Å². The Morgan fingerprint density at radius 1 is 1.36 bits per heavy atom. The predicted octanol–water partition coefficient (Wildman–Crippen LogP) is 3.48. The number of nitrogens with one attached hydrogen (secondary N) is 1. The van der Waals surface area contributed by atoms with E-state index in [2.05, 4.69) is 10.3 Å². The van der Waals surface area contributed by atoms with Gasteiger partial charge in [0.1, 0.15) is 11.6 Å². The van der Waals surface area contributed by atoms with Crippen molar-refractivity contribution in [2.24, 2.45) is 0 Å². The first-order valence-electron chi connectivity index (χ1n) is 7.36. The van der Waals surface area contributed by atoms with Gasteiger partial charge in [0.2, 0.25) is 0 Å². The zero-order chi connectivity index (χ0) is 18.2. The molecule has 5 nitrogen and oxygen atoms in total. The summed E-state index contributed by atoms with van der Waals surface area (Å²) in [6.45, 7) is -0.578. The number of aromatic nitrogens is 2. The standard InChI is InChI=1S/C16H13ClF3N3O2/c17-9-3-1-4-10(7-9)21-13-11(8-24)15(25)23-6-2-5-12(14(23)22-13)16(18,19)20/h1,3-5,7,21,24H,2,6,8H2. The number of aliphatic hydroxyl groups is 1. The van der Waals surface area contributed by atoms with Crippen molar-refractivity contribution in [3.63, 3.8) is 0 Å². The highest BCUT2D eigenvalue weighted by atomic mass is 35.5. The van der Waals surface area contributed by atoms with E-state index in [1.54, 1.807) is 18.2 Å². The van der Waals surface area contributed by atoms with E-state index in [4.69, 9.17) is 11.6 Å². The van der Waals surface area contributed by atoms with Gasteiger partial charge in [-0.25, -0.2) is 4.98 Å². The fourth-order valence-corrected chi connectivity index (χ4v) is 2.82. The van der Waals surface area contributed by atoms with Crippen LogP contribution in [0.2, 0.25) is 5.02 Å². The van der Waals surface area contributed by atoms with Gasteiger partial charge in [0, 0.05) is 17.3 Å². The molecule has 2 N–H and O–H groups in total. The number of anilines is 2. The summed E-state index contributed by atoms with van der Waals surface area (Å²) in [5, 5.41) is 12.7. The van der Waals surface area contributed by atoms with Crippen molar-refractivity contribution in [2.75, 3.05) is 5.32 Å². The lowest BCUT2D eigenvalue weighted by Gasteiger charge is -2.22. The van der Waals surface area contributed by atoms with E-state index in [1.165, 1.54) is 6.07 Å². The second-order valence-corrected chi connectivity index (χ2v) is 5.85. The van der Waals surface area contributed by atoms with Crippen molar-refractivity contribution in [1.29, 1.82) is 0 Å². The second kappa shape index (κ2) is 6.53. The van der Waals surface area contributed by atoms with Crippen LogP contribution in [0.15, 0.2) is 35.1 Å². The van der Waals surface area contributed by atoms with Gasteiger partial charge in [0.05, 0.1) is 17.7 Å². The van der Waals surface area contributed by atoms with E-state index in [-0.39, 0.29) is 24.3 Å². The molecule has 0 atom stereocenters. The van der Waals surface area contributed by atoms with Gasteiger partial charge < -0.3 is 10.4 Å². The Morgan fingerprint density at radius 3 is 2.76 bits per heavy atom. The van der Waals surface area contributed by atoms with Crippen LogP contribution in [0.25, 0.3) is 5.57 Å². The number of hydrogen-bond acceptors (Lipinski definition) is 4. The third-order valence-corrected chi connectivity index (χ3v) is 3.99. The van der Waals surface area contributed by atoms with E-state index in [9.17, 15) is 23.1 Å². The molecule has 25 heavy (non-hydrogen) atoms. The highest BCUT2D eigenvalue weighted by Crippen LogP contribution is 2.35. The van der Waals surface area contributed by atoms with Crippen LogP contribution in [0, 0.1) is 0 Å². The van der Waals surface area contributed by atoms with Crippen LogP contribution in [0.5, 0.6) is 0 Å². The molecule has 1 aliphatic rings. The van der Waals surface area contributed by atoms with Crippen LogP contribution in [0.3, 0.4) is 0 Å². The molecule has 2 heterocycles. The normalized spacial score (nSPS) is 14.0. The molecule has 0 saturated heterocycles. The third-order valence-electron chi connectivity index (χ3n) is 3.76. The van der Waals surface area contributed by atoms with Gasteiger partial charge in [-0.2, -0.15) is 13.2 Å². The number of nitrogens with zero attached hydrogens (tertiary/aromatic N) is 2. The summed E-state index contributed by atoms with van der Waals surface area (Å²) in [5.74, 6) is -0.594. The number of rotatable bonds is 3. The largest absolute Gasteiger partial charge is 0.419 e. The average molecular weight is 372 g/mol. The van der Waals surface area contributed by atoms with Gasteiger partial charge in [-0.1, -0.05) is 23.7 Å². The minimum Gasteiger partial charge on any atom is -0.391 e. The molecule has 0 amide bonds. The zero-order valence-corrected chi connectivity index (χ0v) is 13.5. The second-order valence-electron chi connectivity index (χ2n) is 5.42. The molecule has 1 aliphatic heterocycles. The van der Waals surface area contributed by atoms with Crippen LogP contribution in [-0.2, 0) is 13.2 Å². The molecular formula is C16H13ClF3N3O2. The number of fused-ring (bicyclic) bond motifs is 1. The van der Waals surface area contributed by atoms with Crippen molar-refractivity contribution >= 4 is 28.7 Å². The number of hydrogen-bond donors (Lipinski definition) is 2. The Bertz CT molecular complexity index is 906. The Hall–Kier alpha value is -2.32. The van der Waals surface area contributed by atoms with Gasteiger partial charge in [-0.3, -0.25) is 9.36 Å².